The summed E-state index contributed by atoms with van der Waals surface area (Å²) in [5.74, 6) is 0.911. The van der Waals surface area contributed by atoms with Gasteiger partial charge in [-0.2, -0.15) is 0 Å². The van der Waals surface area contributed by atoms with Gasteiger partial charge >= 0.3 is 0 Å². The molecule has 0 radical (unpaired) electrons. The third kappa shape index (κ3) is 7.53. The van der Waals surface area contributed by atoms with Crippen molar-refractivity contribution >= 4 is 5.91 Å². The first kappa shape index (κ1) is 24.1. The molecule has 3 atom stereocenters. The van der Waals surface area contributed by atoms with Crippen molar-refractivity contribution in [2.75, 3.05) is 65.9 Å². The van der Waals surface area contributed by atoms with Crippen LogP contribution in [0.15, 0.2) is 11.8 Å². The van der Waals surface area contributed by atoms with Crippen LogP contribution in [0.1, 0.15) is 27.2 Å². The summed E-state index contributed by atoms with van der Waals surface area (Å²) in [4.78, 5) is 14.7. The zero-order valence-electron chi connectivity index (χ0n) is 18.0. The van der Waals surface area contributed by atoms with Crippen LogP contribution >= 0.6 is 0 Å². The average molecular weight is 416 g/mol. The quantitative estimate of drug-likeness (QED) is 0.483. The molecule has 168 valence electrons. The van der Waals surface area contributed by atoms with E-state index in [-0.39, 0.29) is 24.3 Å². The van der Waals surface area contributed by atoms with E-state index in [0.717, 1.165) is 6.42 Å². The van der Waals surface area contributed by atoms with Gasteiger partial charge in [0.05, 0.1) is 39.6 Å². The number of ether oxygens (including phenoxy) is 5. The van der Waals surface area contributed by atoms with E-state index < -0.39 is 6.29 Å². The van der Waals surface area contributed by atoms with Gasteiger partial charge in [-0.05, 0) is 31.3 Å². The molecular weight excluding hydrogens is 378 g/mol. The predicted molar refractivity (Wildman–Crippen MR) is 107 cm³/mol. The van der Waals surface area contributed by atoms with E-state index in [1.54, 1.807) is 4.90 Å². The number of amides is 1. The van der Waals surface area contributed by atoms with E-state index in [1.165, 1.54) is 0 Å². The molecule has 8 heteroatoms. The van der Waals surface area contributed by atoms with Crippen molar-refractivity contribution in [1.82, 2.24) is 4.90 Å². The Balaban J connectivity index is 1.99. The molecule has 1 fully saturated rings. The Bertz CT molecular complexity index is 505. The molecule has 0 saturated carbocycles. The standard InChI is InChI=1S/C21H37NO7/c1-4-28-21-17(5-9-25-13-14-27-12-8-23)18(16(2)3)15-19(29-21)20(24)22-6-10-26-11-7-22/h15-18,21,23H,4-14H2,1-3H3/t17-,18-,21-/m0/s1. The summed E-state index contributed by atoms with van der Waals surface area (Å²) in [5, 5.41) is 8.71. The van der Waals surface area contributed by atoms with Crippen LogP contribution in [0.25, 0.3) is 0 Å². The highest BCUT2D eigenvalue weighted by Crippen LogP contribution is 2.36. The minimum atomic E-state index is -0.466. The van der Waals surface area contributed by atoms with Gasteiger partial charge in [-0.1, -0.05) is 13.8 Å². The highest BCUT2D eigenvalue weighted by Gasteiger charge is 2.39. The minimum absolute atomic E-state index is 0.0172. The Morgan fingerprint density at radius 1 is 1.21 bits per heavy atom. The summed E-state index contributed by atoms with van der Waals surface area (Å²) in [5.41, 5.74) is 0. The lowest BCUT2D eigenvalue weighted by molar-refractivity contribution is -0.181. The number of rotatable bonds is 12. The highest BCUT2D eigenvalue weighted by molar-refractivity contribution is 5.91. The molecule has 0 spiro atoms. The maximum absolute atomic E-state index is 12.9. The van der Waals surface area contributed by atoms with E-state index in [2.05, 4.69) is 13.8 Å². The maximum Gasteiger partial charge on any atom is 0.288 e. The number of morpholine rings is 1. The first-order chi connectivity index (χ1) is 14.1. The predicted octanol–water partition coefficient (Wildman–Crippen LogP) is 1.43. The normalized spacial score (nSPS) is 25.1. The average Bonchev–Trinajstić information content (AvgIpc) is 2.73. The van der Waals surface area contributed by atoms with Crippen molar-refractivity contribution in [2.24, 2.45) is 17.8 Å². The Kier molecular flexibility index (Phi) is 10.9. The molecule has 0 unspecified atom stereocenters. The van der Waals surface area contributed by atoms with Crippen LogP contribution < -0.4 is 0 Å². The molecule has 0 aromatic rings. The summed E-state index contributed by atoms with van der Waals surface area (Å²) in [7, 11) is 0. The zero-order valence-corrected chi connectivity index (χ0v) is 18.0. The second kappa shape index (κ2) is 13.2. The Hall–Kier alpha value is -1.19. The van der Waals surface area contributed by atoms with Crippen molar-refractivity contribution < 1.29 is 33.6 Å². The second-order valence-electron chi connectivity index (χ2n) is 7.60. The van der Waals surface area contributed by atoms with E-state index in [1.807, 2.05) is 13.0 Å². The van der Waals surface area contributed by atoms with Crippen LogP contribution in [0.3, 0.4) is 0 Å². The molecule has 1 saturated heterocycles. The summed E-state index contributed by atoms with van der Waals surface area (Å²) in [6.45, 7) is 10.9. The van der Waals surface area contributed by atoms with Gasteiger partial charge in [0.1, 0.15) is 0 Å². The van der Waals surface area contributed by atoms with Gasteiger partial charge < -0.3 is 33.7 Å². The van der Waals surface area contributed by atoms with Gasteiger partial charge in [0.15, 0.2) is 5.76 Å². The number of hydrogen-bond donors (Lipinski definition) is 1. The lowest BCUT2D eigenvalue weighted by Gasteiger charge is -2.39. The second-order valence-corrected chi connectivity index (χ2v) is 7.60. The number of allylic oxidation sites excluding steroid dienone is 1. The summed E-state index contributed by atoms with van der Waals surface area (Å²) in [6.07, 6.45) is 2.28. The largest absolute Gasteiger partial charge is 0.459 e. The van der Waals surface area contributed by atoms with Gasteiger partial charge in [-0.25, -0.2) is 0 Å². The lowest BCUT2D eigenvalue weighted by Crippen LogP contribution is -2.45. The van der Waals surface area contributed by atoms with Gasteiger partial charge in [-0.15, -0.1) is 0 Å². The highest BCUT2D eigenvalue weighted by atomic mass is 16.7. The van der Waals surface area contributed by atoms with Gasteiger partial charge in [0, 0.05) is 32.2 Å². The third-order valence-electron chi connectivity index (χ3n) is 5.24. The molecular formula is C21H37NO7. The van der Waals surface area contributed by atoms with Gasteiger partial charge in [-0.3, -0.25) is 4.79 Å². The van der Waals surface area contributed by atoms with Gasteiger partial charge in [0.2, 0.25) is 6.29 Å². The smallest absolute Gasteiger partial charge is 0.288 e. The van der Waals surface area contributed by atoms with E-state index >= 15 is 0 Å². The van der Waals surface area contributed by atoms with Crippen LogP contribution in [0.4, 0.5) is 0 Å². The van der Waals surface area contributed by atoms with Crippen molar-refractivity contribution in [3.63, 3.8) is 0 Å². The topological polar surface area (TPSA) is 86.7 Å². The summed E-state index contributed by atoms with van der Waals surface area (Å²) >= 11 is 0. The van der Waals surface area contributed by atoms with E-state index in [0.29, 0.717) is 71.0 Å². The zero-order chi connectivity index (χ0) is 21.1. The molecule has 0 bridgehead atoms. The van der Waals surface area contributed by atoms with Crippen LogP contribution in [-0.2, 0) is 28.5 Å². The molecule has 1 N–H and O–H groups in total. The summed E-state index contributed by atoms with van der Waals surface area (Å²) in [6, 6.07) is 0. The molecule has 29 heavy (non-hydrogen) atoms. The Labute approximate surface area is 174 Å². The molecule has 0 aromatic heterocycles. The molecule has 2 heterocycles. The van der Waals surface area contributed by atoms with Crippen LogP contribution in [0.2, 0.25) is 0 Å². The molecule has 2 rings (SSSR count). The van der Waals surface area contributed by atoms with Gasteiger partial charge in [0.25, 0.3) is 5.91 Å². The fourth-order valence-corrected chi connectivity index (χ4v) is 3.72. The number of carbonyl (C=O) groups is 1. The SMILES string of the molecule is CCO[C@H]1OC(C(=O)N2CCOCC2)=C[C@@H](C(C)C)[C@@H]1CCOCCOCCO. The van der Waals surface area contributed by atoms with Crippen LogP contribution in [0, 0.1) is 17.8 Å². The summed E-state index contributed by atoms with van der Waals surface area (Å²) < 4.78 is 28.2. The minimum Gasteiger partial charge on any atom is -0.459 e. The number of aliphatic hydroxyl groups is 1. The van der Waals surface area contributed by atoms with Crippen LogP contribution in [0.5, 0.6) is 0 Å². The molecule has 0 aromatic carbocycles. The molecule has 2 aliphatic rings. The molecule has 1 amide bonds. The lowest BCUT2D eigenvalue weighted by atomic mass is 9.79. The monoisotopic (exact) mass is 415 g/mol. The first-order valence-electron chi connectivity index (χ1n) is 10.7. The fourth-order valence-electron chi connectivity index (χ4n) is 3.72. The van der Waals surface area contributed by atoms with Crippen molar-refractivity contribution in [3.8, 4) is 0 Å². The van der Waals surface area contributed by atoms with Crippen molar-refractivity contribution in [2.45, 2.75) is 33.5 Å². The molecule has 0 aliphatic carbocycles. The van der Waals surface area contributed by atoms with Crippen LogP contribution in [-0.4, -0.2) is 88.1 Å². The van der Waals surface area contributed by atoms with E-state index in [4.69, 9.17) is 28.8 Å². The number of aliphatic hydroxyl groups excluding tert-OH is 1. The molecule has 8 nitrogen and oxygen atoms in total. The van der Waals surface area contributed by atoms with Crippen molar-refractivity contribution in [3.05, 3.63) is 11.8 Å². The fraction of sp³-hybridized carbons (Fsp3) is 0.857. The Morgan fingerprint density at radius 2 is 1.90 bits per heavy atom. The number of nitrogens with zero attached hydrogens (tertiary/aromatic N) is 1. The molecule has 2 aliphatic heterocycles. The number of hydrogen-bond acceptors (Lipinski definition) is 7. The van der Waals surface area contributed by atoms with E-state index in [9.17, 15) is 4.79 Å². The first-order valence-corrected chi connectivity index (χ1v) is 10.7. The Morgan fingerprint density at radius 3 is 2.52 bits per heavy atom. The third-order valence-corrected chi connectivity index (χ3v) is 5.24. The number of carbonyl (C=O) groups excluding carboxylic acids is 1. The maximum atomic E-state index is 12.9. The van der Waals surface area contributed by atoms with Crippen molar-refractivity contribution in [1.29, 1.82) is 0 Å².